The predicted octanol–water partition coefficient (Wildman–Crippen LogP) is 1.59. The van der Waals surface area contributed by atoms with E-state index in [1.54, 1.807) is 13.4 Å². The Labute approximate surface area is 124 Å². The van der Waals surface area contributed by atoms with E-state index in [9.17, 15) is 0 Å². The van der Waals surface area contributed by atoms with Gasteiger partial charge in [-0.2, -0.15) is 24.7 Å². The Morgan fingerprint density at radius 1 is 1.19 bits per heavy atom. The van der Waals surface area contributed by atoms with Crippen LogP contribution in [0.25, 0.3) is 5.95 Å². The van der Waals surface area contributed by atoms with Crippen LogP contribution in [0.15, 0.2) is 12.7 Å². The highest BCUT2D eigenvalue weighted by Gasteiger charge is 2.20. The summed E-state index contributed by atoms with van der Waals surface area (Å²) in [5, 5.41) is 10.2. The van der Waals surface area contributed by atoms with Gasteiger partial charge >= 0.3 is 0 Å². The molecule has 0 aromatic carbocycles. The van der Waals surface area contributed by atoms with E-state index < -0.39 is 0 Å². The van der Waals surface area contributed by atoms with Crippen LogP contribution in [0.2, 0.25) is 0 Å². The number of nitrogens with zero attached hydrogens (tertiary/aromatic N) is 6. The third-order valence-corrected chi connectivity index (χ3v) is 3.52. The molecule has 0 aliphatic heterocycles. The average molecular weight is 290 g/mol. The molecular formula is C13H22N8. The monoisotopic (exact) mass is 290 g/mol. The Morgan fingerprint density at radius 2 is 1.90 bits per heavy atom. The number of anilines is 2. The highest BCUT2D eigenvalue weighted by atomic mass is 15.4. The molecule has 1 unspecified atom stereocenters. The van der Waals surface area contributed by atoms with Gasteiger partial charge in [-0.3, -0.25) is 0 Å². The lowest BCUT2D eigenvalue weighted by Crippen LogP contribution is -2.25. The van der Waals surface area contributed by atoms with Crippen LogP contribution in [0.1, 0.15) is 27.7 Å². The number of rotatable bonds is 5. The summed E-state index contributed by atoms with van der Waals surface area (Å²) in [5.74, 6) is 1.91. The van der Waals surface area contributed by atoms with Crippen LogP contribution in [-0.4, -0.2) is 43.3 Å². The molecule has 2 heterocycles. The van der Waals surface area contributed by atoms with Crippen molar-refractivity contribution in [2.75, 3.05) is 24.2 Å². The van der Waals surface area contributed by atoms with Crippen molar-refractivity contribution in [3.63, 3.8) is 0 Å². The van der Waals surface area contributed by atoms with E-state index in [-0.39, 0.29) is 5.41 Å². The van der Waals surface area contributed by atoms with Gasteiger partial charge in [0.05, 0.1) is 0 Å². The van der Waals surface area contributed by atoms with Crippen molar-refractivity contribution in [2.24, 2.45) is 11.3 Å². The molecule has 2 aromatic heterocycles. The van der Waals surface area contributed by atoms with Gasteiger partial charge in [0.1, 0.15) is 12.7 Å². The third-order valence-electron chi connectivity index (χ3n) is 3.52. The van der Waals surface area contributed by atoms with Gasteiger partial charge in [0.15, 0.2) is 0 Å². The fourth-order valence-corrected chi connectivity index (χ4v) is 1.52. The molecule has 2 aromatic rings. The maximum Gasteiger partial charge on any atom is 0.258 e. The summed E-state index contributed by atoms with van der Waals surface area (Å²) >= 11 is 0. The summed E-state index contributed by atoms with van der Waals surface area (Å²) in [5.41, 5.74) is 0.223. The smallest absolute Gasteiger partial charge is 0.258 e. The van der Waals surface area contributed by atoms with E-state index in [0.717, 1.165) is 6.54 Å². The molecule has 114 valence electrons. The first-order chi connectivity index (χ1) is 9.90. The lowest BCUT2D eigenvalue weighted by Gasteiger charge is -2.27. The molecule has 0 amide bonds. The van der Waals surface area contributed by atoms with Gasteiger partial charge in [0, 0.05) is 13.6 Å². The summed E-state index contributed by atoms with van der Waals surface area (Å²) in [4.78, 5) is 16.8. The zero-order chi connectivity index (χ0) is 15.5. The van der Waals surface area contributed by atoms with E-state index in [0.29, 0.717) is 23.8 Å². The number of aromatic nitrogens is 6. The fraction of sp³-hybridized carbons (Fsp3) is 0.615. The van der Waals surface area contributed by atoms with Crippen molar-refractivity contribution < 1.29 is 0 Å². The van der Waals surface area contributed by atoms with Gasteiger partial charge in [-0.1, -0.05) is 27.7 Å². The molecule has 0 radical (unpaired) electrons. The van der Waals surface area contributed by atoms with Gasteiger partial charge in [-0.05, 0) is 11.3 Å². The fourth-order valence-electron chi connectivity index (χ4n) is 1.52. The van der Waals surface area contributed by atoms with Gasteiger partial charge in [-0.15, -0.1) is 0 Å². The van der Waals surface area contributed by atoms with Crippen molar-refractivity contribution in [1.29, 1.82) is 0 Å². The molecule has 2 N–H and O–H groups in total. The molecule has 0 fully saturated rings. The van der Waals surface area contributed by atoms with E-state index in [1.165, 1.54) is 11.0 Å². The van der Waals surface area contributed by atoms with Crippen molar-refractivity contribution in [3.05, 3.63) is 12.7 Å². The second kappa shape index (κ2) is 6.02. The summed E-state index contributed by atoms with van der Waals surface area (Å²) in [6.07, 6.45) is 2.99. The molecule has 0 spiro atoms. The number of hydrogen-bond donors (Lipinski definition) is 2. The maximum atomic E-state index is 4.36. The van der Waals surface area contributed by atoms with E-state index in [1.807, 2.05) is 0 Å². The maximum absolute atomic E-state index is 4.36. The zero-order valence-electron chi connectivity index (χ0n) is 13.1. The largest absolute Gasteiger partial charge is 0.357 e. The minimum Gasteiger partial charge on any atom is -0.357 e. The standard InChI is InChI=1S/C13H22N8/c1-9(13(2,3)4)6-16-11-18-10(14-5)19-12(20-11)21-8-15-7-17-21/h7-9H,6H2,1-5H3,(H2,14,16,18,19,20). The second-order valence-electron chi connectivity index (χ2n) is 6.02. The highest BCUT2D eigenvalue weighted by Crippen LogP contribution is 2.25. The highest BCUT2D eigenvalue weighted by molar-refractivity contribution is 5.37. The molecule has 8 heteroatoms. The van der Waals surface area contributed by atoms with E-state index >= 15 is 0 Å². The third kappa shape index (κ3) is 3.87. The van der Waals surface area contributed by atoms with Crippen molar-refractivity contribution in [3.8, 4) is 5.95 Å². The Morgan fingerprint density at radius 3 is 2.48 bits per heavy atom. The molecule has 2 rings (SSSR count). The summed E-state index contributed by atoms with van der Waals surface area (Å²) in [6.45, 7) is 9.63. The Balaban J connectivity index is 2.18. The van der Waals surface area contributed by atoms with Gasteiger partial charge < -0.3 is 10.6 Å². The van der Waals surface area contributed by atoms with Crippen LogP contribution < -0.4 is 10.6 Å². The lowest BCUT2D eigenvalue weighted by atomic mass is 9.82. The molecule has 0 aliphatic carbocycles. The molecule has 0 saturated carbocycles. The lowest BCUT2D eigenvalue weighted by molar-refractivity contribution is 0.274. The van der Waals surface area contributed by atoms with Crippen molar-refractivity contribution in [2.45, 2.75) is 27.7 Å². The molecular weight excluding hydrogens is 268 g/mol. The second-order valence-corrected chi connectivity index (χ2v) is 6.02. The van der Waals surface area contributed by atoms with Gasteiger partial charge in [0.2, 0.25) is 11.9 Å². The van der Waals surface area contributed by atoms with E-state index in [2.05, 4.69) is 63.4 Å². The van der Waals surface area contributed by atoms with Gasteiger partial charge in [-0.25, -0.2) is 4.98 Å². The summed E-state index contributed by atoms with van der Waals surface area (Å²) in [7, 11) is 1.77. The van der Waals surface area contributed by atoms with E-state index in [4.69, 9.17) is 0 Å². The normalized spacial score (nSPS) is 13.0. The Bertz CT molecular complexity index is 572. The van der Waals surface area contributed by atoms with Crippen LogP contribution in [0.3, 0.4) is 0 Å². The number of nitrogens with one attached hydrogen (secondary N) is 2. The first-order valence-electron chi connectivity index (χ1n) is 6.93. The molecule has 0 aliphatic rings. The Kier molecular flexibility index (Phi) is 4.35. The van der Waals surface area contributed by atoms with Crippen LogP contribution >= 0.6 is 0 Å². The average Bonchev–Trinajstić information content (AvgIpc) is 2.97. The van der Waals surface area contributed by atoms with Crippen LogP contribution in [0.4, 0.5) is 11.9 Å². The topological polar surface area (TPSA) is 93.4 Å². The molecule has 1 atom stereocenters. The SMILES string of the molecule is CNc1nc(NCC(C)C(C)(C)C)nc(-n2cncn2)n1. The predicted molar refractivity (Wildman–Crippen MR) is 81.4 cm³/mol. The van der Waals surface area contributed by atoms with Crippen molar-refractivity contribution >= 4 is 11.9 Å². The molecule has 21 heavy (non-hydrogen) atoms. The minimum atomic E-state index is 0.223. The van der Waals surface area contributed by atoms with Crippen molar-refractivity contribution in [1.82, 2.24) is 29.7 Å². The minimum absolute atomic E-state index is 0.223. The quantitative estimate of drug-likeness (QED) is 0.863. The van der Waals surface area contributed by atoms with Crippen LogP contribution in [0.5, 0.6) is 0 Å². The Hall–Kier alpha value is -2.25. The number of hydrogen-bond acceptors (Lipinski definition) is 7. The first-order valence-corrected chi connectivity index (χ1v) is 6.93. The summed E-state index contributed by atoms with van der Waals surface area (Å²) in [6, 6.07) is 0. The molecule has 0 saturated heterocycles. The molecule has 8 nitrogen and oxygen atoms in total. The zero-order valence-corrected chi connectivity index (χ0v) is 13.1. The first kappa shape index (κ1) is 15.1. The van der Waals surface area contributed by atoms with Crippen LogP contribution in [-0.2, 0) is 0 Å². The van der Waals surface area contributed by atoms with Crippen LogP contribution in [0, 0.1) is 11.3 Å². The van der Waals surface area contributed by atoms with Gasteiger partial charge in [0.25, 0.3) is 5.95 Å². The molecule has 0 bridgehead atoms. The summed E-state index contributed by atoms with van der Waals surface area (Å²) < 4.78 is 1.50.